The number of nitrogens with zero attached hydrogens (tertiary/aromatic N) is 1. The highest BCUT2D eigenvalue weighted by molar-refractivity contribution is 8.01. The largest absolute Gasteiger partial charge is 0.494 e. The molecule has 8 heteroatoms. The van der Waals surface area contributed by atoms with Gasteiger partial charge in [-0.3, -0.25) is 9.59 Å². The number of amides is 2. The molecule has 0 aromatic heterocycles. The molecule has 3 atom stereocenters. The number of hydrogen-bond donors (Lipinski definition) is 2. The number of hydrogen-bond acceptors (Lipinski definition) is 5. The molecule has 1 aromatic rings. The highest BCUT2D eigenvalue weighted by Crippen LogP contribution is 2.54. The Hall–Kier alpha value is -2.22. The lowest BCUT2D eigenvalue weighted by Gasteiger charge is -2.51. The minimum Gasteiger partial charge on any atom is -0.494 e. The van der Waals surface area contributed by atoms with Crippen LogP contribution >= 0.6 is 11.8 Å². The summed E-state index contributed by atoms with van der Waals surface area (Å²) >= 11 is 1.40. The molecule has 2 saturated heterocycles. The van der Waals surface area contributed by atoms with Crippen molar-refractivity contribution in [1.29, 1.82) is 0 Å². The van der Waals surface area contributed by atoms with Crippen LogP contribution in [0, 0.1) is 0 Å². The van der Waals surface area contributed by atoms with Gasteiger partial charge >= 0.3 is 5.97 Å². The lowest BCUT2D eigenvalue weighted by atomic mass is 9.86. The number of carbonyl (C=O) groups excluding carboxylic acids is 2. The van der Waals surface area contributed by atoms with Crippen LogP contribution in [-0.4, -0.2) is 56.1 Å². The molecular formula is C18H22N2O5S. The van der Waals surface area contributed by atoms with Gasteiger partial charge in [0.1, 0.15) is 22.7 Å². The van der Waals surface area contributed by atoms with Gasteiger partial charge in [-0.25, -0.2) is 4.79 Å². The second kappa shape index (κ2) is 6.19. The van der Waals surface area contributed by atoms with Crippen molar-refractivity contribution in [1.82, 2.24) is 10.2 Å². The summed E-state index contributed by atoms with van der Waals surface area (Å²) in [5, 5.41) is 11.9. The van der Waals surface area contributed by atoms with E-state index >= 15 is 0 Å². The number of aliphatic carboxylic acids is 1. The Bertz CT molecular complexity index is 763. The van der Waals surface area contributed by atoms with Crippen LogP contribution < -0.4 is 10.1 Å². The average Bonchev–Trinajstić information content (AvgIpc) is 2.85. The lowest BCUT2D eigenvalue weighted by Crippen LogP contribution is -2.78. The topological polar surface area (TPSA) is 95.9 Å². The van der Waals surface area contributed by atoms with Gasteiger partial charge in [-0.2, -0.15) is 0 Å². The Kier molecular flexibility index (Phi) is 4.42. The van der Waals surface area contributed by atoms with Gasteiger partial charge in [0.2, 0.25) is 0 Å². The molecule has 1 unspecified atom stereocenters. The van der Waals surface area contributed by atoms with Gasteiger partial charge in [0.05, 0.1) is 6.61 Å². The van der Waals surface area contributed by atoms with Gasteiger partial charge in [-0.1, -0.05) is 0 Å². The summed E-state index contributed by atoms with van der Waals surface area (Å²) in [5.41, 5.74) is -0.708. The number of ether oxygens (including phenoxy) is 1. The maximum atomic E-state index is 12.7. The SMILES string of the molecule is CCOc1ccc(C(=O)NC2(C)C(=O)N3[C@@H](C(=O)O)C(C)(C)S[C@@H]32)cc1. The number of benzene rings is 1. The van der Waals surface area contributed by atoms with Crippen LogP contribution in [0.4, 0.5) is 0 Å². The first-order valence-electron chi connectivity index (χ1n) is 8.40. The van der Waals surface area contributed by atoms with E-state index in [0.29, 0.717) is 17.9 Å². The van der Waals surface area contributed by atoms with E-state index in [4.69, 9.17) is 4.74 Å². The Balaban J connectivity index is 1.77. The number of β-lactam (4-membered cyclic amide) rings is 1. The standard InChI is InChI=1S/C18H22N2O5S/c1-5-25-11-8-6-10(7-9-11)13(21)19-18(4)15(24)20-12(14(22)23)17(2,3)26-16(18)20/h6-9,12,16H,5H2,1-4H3,(H,19,21)(H,22,23)/t12-,16+,18?/m0/s1. The molecule has 1 aromatic carbocycles. The van der Waals surface area contributed by atoms with Crippen molar-refractivity contribution in [2.75, 3.05) is 6.61 Å². The summed E-state index contributed by atoms with van der Waals surface area (Å²) in [4.78, 5) is 38.2. The molecule has 0 spiro atoms. The molecule has 2 heterocycles. The Morgan fingerprint density at radius 1 is 1.27 bits per heavy atom. The number of nitrogens with one attached hydrogen (secondary N) is 1. The molecule has 0 radical (unpaired) electrons. The number of carboxylic acid groups (broad SMARTS) is 1. The third-order valence-corrected chi connectivity index (χ3v) is 6.56. The van der Waals surface area contributed by atoms with E-state index in [1.165, 1.54) is 16.7 Å². The normalized spacial score (nSPS) is 28.9. The van der Waals surface area contributed by atoms with Crippen molar-refractivity contribution in [3.05, 3.63) is 29.8 Å². The van der Waals surface area contributed by atoms with Gasteiger partial charge < -0.3 is 20.1 Å². The van der Waals surface area contributed by atoms with Crippen molar-refractivity contribution >= 4 is 29.5 Å². The highest BCUT2D eigenvalue weighted by atomic mass is 32.2. The lowest BCUT2D eigenvalue weighted by molar-refractivity contribution is -0.165. The zero-order valence-electron chi connectivity index (χ0n) is 15.1. The molecule has 2 aliphatic heterocycles. The number of rotatable bonds is 5. The van der Waals surface area contributed by atoms with Crippen LogP contribution in [-0.2, 0) is 9.59 Å². The molecule has 2 amide bonds. The number of carboxylic acids is 1. The molecule has 3 rings (SSSR count). The van der Waals surface area contributed by atoms with E-state index in [9.17, 15) is 19.5 Å². The average molecular weight is 378 g/mol. The molecule has 26 heavy (non-hydrogen) atoms. The number of thioether (sulfide) groups is 1. The van der Waals surface area contributed by atoms with E-state index in [1.807, 2.05) is 6.92 Å². The molecule has 0 aliphatic carbocycles. The van der Waals surface area contributed by atoms with Crippen molar-refractivity contribution < 1.29 is 24.2 Å². The van der Waals surface area contributed by atoms with Crippen LogP contribution in [0.5, 0.6) is 5.75 Å². The van der Waals surface area contributed by atoms with E-state index in [0.717, 1.165) is 0 Å². The zero-order valence-corrected chi connectivity index (χ0v) is 15.9. The summed E-state index contributed by atoms with van der Waals surface area (Å²) < 4.78 is 4.72. The quantitative estimate of drug-likeness (QED) is 0.758. The maximum absolute atomic E-state index is 12.7. The minimum atomic E-state index is -1.12. The zero-order chi connectivity index (χ0) is 19.3. The highest BCUT2D eigenvalue weighted by Gasteiger charge is 2.70. The second-order valence-corrected chi connectivity index (χ2v) is 8.88. The molecule has 2 aliphatic rings. The third kappa shape index (κ3) is 2.72. The molecule has 7 nitrogen and oxygen atoms in total. The molecular weight excluding hydrogens is 356 g/mol. The van der Waals surface area contributed by atoms with Crippen LogP contribution in [0.25, 0.3) is 0 Å². The predicted octanol–water partition coefficient (Wildman–Crippen LogP) is 1.72. The molecule has 0 saturated carbocycles. The Morgan fingerprint density at radius 2 is 1.88 bits per heavy atom. The first-order chi connectivity index (χ1) is 12.1. The fourth-order valence-corrected chi connectivity index (χ4v) is 5.16. The summed E-state index contributed by atoms with van der Waals surface area (Å²) in [6.45, 7) is 7.66. The third-order valence-electron chi connectivity index (χ3n) is 4.81. The smallest absolute Gasteiger partial charge is 0.327 e. The fraction of sp³-hybridized carbons (Fsp3) is 0.500. The van der Waals surface area contributed by atoms with Crippen molar-refractivity contribution in [3.8, 4) is 5.75 Å². The molecule has 0 bridgehead atoms. The van der Waals surface area contributed by atoms with Gasteiger partial charge in [0, 0.05) is 10.3 Å². The van der Waals surface area contributed by atoms with Crippen molar-refractivity contribution in [3.63, 3.8) is 0 Å². The van der Waals surface area contributed by atoms with Gasteiger partial charge in [0.15, 0.2) is 0 Å². The van der Waals surface area contributed by atoms with E-state index in [-0.39, 0.29) is 11.8 Å². The second-order valence-electron chi connectivity index (χ2n) is 7.14. The first-order valence-corrected chi connectivity index (χ1v) is 9.28. The van der Waals surface area contributed by atoms with Gasteiger partial charge in [-0.15, -0.1) is 11.8 Å². The predicted molar refractivity (Wildman–Crippen MR) is 97.2 cm³/mol. The van der Waals surface area contributed by atoms with Crippen LogP contribution in [0.2, 0.25) is 0 Å². The van der Waals surface area contributed by atoms with E-state index in [2.05, 4.69) is 5.32 Å². The fourth-order valence-electron chi connectivity index (χ4n) is 3.52. The molecule has 2 N–H and O–H groups in total. The van der Waals surface area contributed by atoms with E-state index < -0.39 is 27.7 Å². The summed E-state index contributed by atoms with van der Waals surface area (Å²) in [5.74, 6) is -1.11. The maximum Gasteiger partial charge on any atom is 0.327 e. The van der Waals surface area contributed by atoms with Crippen LogP contribution in [0.15, 0.2) is 24.3 Å². The Morgan fingerprint density at radius 3 is 2.42 bits per heavy atom. The van der Waals surface area contributed by atoms with Crippen molar-refractivity contribution in [2.24, 2.45) is 0 Å². The van der Waals surface area contributed by atoms with Crippen LogP contribution in [0.1, 0.15) is 38.1 Å². The summed E-state index contributed by atoms with van der Waals surface area (Å²) in [6.07, 6.45) is 0. The van der Waals surface area contributed by atoms with E-state index in [1.54, 1.807) is 45.0 Å². The van der Waals surface area contributed by atoms with Crippen LogP contribution in [0.3, 0.4) is 0 Å². The van der Waals surface area contributed by atoms with Crippen molar-refractivity contribution in [2.45, 2.75) is 49.4 Å². The first kappa shape index (κ1) is 18.6. The summed E-state index contributed by atoms with van der Waals surface area (Å²) in [7, 11) is 0. The van der Waals surface area contributed by atoms with Gasteiger partial charge in [0.25, 0.3) is 11.8 Å². The minimum absolute atomic E-state index is 0.368. The monoisotopic (exact) mass is 378 g/mol. The Labute approximate surface area is 156 Å². The molecule has 140 valence electrons. The van der Waals surface area contributed by atoms with Gasteiger partial charge in [-0.05, 0) is 52.0 Å². The molecule has 2 fully saturated rings. The number of fused-ring (bicyclic) bond motifs is 1. The number of carbonyl (C=O) groups is 3. The summed E-state index contributed by atoms with van der Waals surface area (Å²) in [6, 6.07) is 5.76.